The third-order valence-corrected chi connectivity index (χ3v) is 3.02. The number of aromatic nitrogens is 2. The zero-order chi connectivity index (χ0) is 16.8. The van der Waals surface area contributed by atoms with Gasteiger partial charge in [-0.25, -0.2) is 4.68 Å². The molecule has 7 nitrogen and oxygen atoms in total. The van der Waals surface area contributed by atoms with E-state index in [9.17, 15) is 4.79 Å². The summed E-state index contributed by atoms with van der Waals surface area (Å²) in [6, 6.07) is 7.07. The molecule has 0 aliphatic rings. The predicted octanol–water partition coefficient (Wildman–Crippen LogP) is 2.07. The molecule has 0 spiro atoms. The van der Waals surface area contributed by atoms with Crippen molar-refractivity contribution < 1.29 is 19.0 Å². The Morgan fingerprint density at radius 3 is 2.43 bits per heavy atom. The van der Waals surface area contributed by atoms with Crippen LogP contribution in [0.5, 0.6) is 17.2 Å². The van der Waals surface area contributed by atoms with Gasteiger partial charge in [0.2, 0.25) is 5.75 Å². The first kappa shape index (κ1) is 16.7. The first-order valence-electron chi connectivity index (χ1n) is 7.23. The summed E-state index contributed by atoms with van der Waals surface area (Å²) in [5.41, 5.74) is 0.342. The minimum absolute atomic E-state index is 0.0572. The normalized spacial score (nSPS) is 10.5. The predicted molar refractivity (Wildman–Crippen MR) is 85.0 cm³/mol. The van der Waals surface area contributed by atoms with Crippen LogP contribution < -0.4 is 19.5 Å². The number of hydrogen-bond donors (Lipinski definition) is 1. The fourth-order valence-corrected chi connectivity index (χ4v) is 1.98. The van der Waals surface area contributed by atoms with Crippen LogP contribution in [0, 0.1) is 0 Å². The molecule has 0 saturated carbocycles. The second-order valence-corrected chi connectivity index (χ2v) is 5.13. The lowest BCUT2D eigenvalue weighted by Crippen LogP contribution is -2.30. The van der Waals surface area contributed by atoms with Gasteiger partial charge in [-0.3, -0.25) is 4.79 Å². The maximum atomic E-state index is 11.9. The average molecular weight is 319 g/mol. The third-order valence-electron chi connectivity index (χ3n) is 3.02. The number of nitrogens with one attached hydrogen (secondary N) is 1. The van der Waals surface area contributed by atoms with Gasteiger partial charge in [-0.15, -0.1) is 0 Å². The van der Waals surface area contributed by atoms with Gasteiger partial charge in [0.15, 0.2) is 18.2 Å². The Labute approximate surface area is 135 Å². The van der Waals surface area contributed by atoms with Gasteiger partial charge in [-0.2, -0.15) is 5.10 Å². The van der Waals surface area contributed by atoms with Crippen LogP contribution in [0.1, 0.15) is 24.3 Å². The number of benzene rings is 1. The van der Waals surface area contributed by atoms with Crippen LogP contribution in [0.4, 0.5) is 0 Å². The summed E-state index contributed by atoms with van der Waals surface area (Å²) in [6.07, 6.45) is 1.68. The number of carbonyl (C=O) groups excluding carboxylic acids is 1. The van der Waals surface area contributed by atoms with E-state index in [0.29, 0.717) is 22.9 Å². The van der Waals surface area contributed by atoms with E-state index in [1.165, 1.54) is 4.68 Å². The lowest BCUT2D eigenvalue weighted by atomic mass is 10.3. The van der Waals surface area contributed by atoms with E-state index in [0.717, 1.165) is 0 Å². The van der Waals surface area contributed by atoms with Gasteiger partial charge < -0.3 is 19.5 Å². The van der Waals surface area contributed by atoms with Crippen molar-refractivity contribution in [3.8, 4) is 17.2 Å². The first-order chi connectivity index (χ1) is 11.0. The summed E-state index contributed by atoms with van der Waals surface area (Å²) in [7, 11) is 3.12. The molecule has 2 aromatic rings. The lowest BCUT2D eigenvalue weighted by Gasteiger charge is -2.13. The van der Waals surface area contributed by atoms with E-state index < -0.39 is 0 Å². The number of rotatable bonds is 7. The van der Waals surface area contributed by atoms with Gasteiger partial charge in [0.05, 0.1) is 14.2 Å². The summed E-state index contributed by atoms with van der Waals surface area (Å²) in [6.45, 7) is 3.92. The molecular formula is C16H21N3O4. The van der Waals surface area contributed by atoms with Crippen molar-refractivity contribution in [3.05, 3.63) is 36.2 Å². The highest BCUT2D eigenvalue weighted by molar-refractivity contribution is 5.92. The molecule has 0 radical (unpaired) electrons. The number of nitrogens with zero attached hydrogens (tertiary/aromatic N) is 2. The molecule has 0 saturated heterocycles. The van der Waals surface area contributed by atoms with Crippen molar-refractivity contribution in [2.75, 3.05) is 14.2 Å². The topological polar surface area (TPSA) is 74.6 Å². The number of methoxy groups -OCH3 is 2. The van der Waals surface area contributed by atoms with Crippen molar-refractivity contribution in [3.63, 3.8) is 0 Å². The number of carbonyl (C=O) groups is 1. The highest BCUT2D eigenvalue weighted by Crippen LogP contribution is 2.36. The maximum absolute atomic E-state index is 11.9. The first-order valence-corrected chi connectivity index (χ1v) is 7.23. The summed E-state index contributed by atoms with van der Waals surface area (Å²) < 4.78 is 17.8. The molecule has 1 aromatic carbocycles. The van der Waals surface area contributed by atoms with Gasteiger partial charge >= 0.3 is 0 Å². The summed E-state index contributed by atoms with van der Waals surface area (Å²) in [5.74, 6) is 1.40. The number of ether oxygens (including phenoxy) is 3. The zero-order valence-corrected chi connectivity index (χ0v) is 13.7. The molecule has 23 heavy (non-hydrogen) atoms. The third kappa shape index (κ3) is 4.15. The molecule has 0 bridgehead atoms. The molecule has 1 heterocycles. The Kier molecular flexibility index (Phi) is 5.46. The van der Waals surface area contributed by atoms with Gasteiger partial charge in [-0.1, -0.05) is 6.07 Å². The Morgan fingerprint density at radius 2 is 1.87 bits per heavy atom. The second kappa shape index (κ2) is 7.53. The molecule has 1 aromatic heterocycles. The van der Waals surface area contributed by atoms with Crippen molar-refractivity contribution in [2.45, 2.75) is 26.6 Å². The van der Waals surface area contributed by atoms with Gasteiger partial charge in [0.1, 0.15) is 5.69 Å². The van der Waals surface area contributed by atoms with Gasteiger partial charge in [0.25, 0.3) is 5.91 Å². The number of hydrogen-bond acceptors (Lipinski definition) is 5. The van der Waals surface area contributed by atoms with Crippen molar-refractivity contribution >= 4 is 5.91 Å². The molecule has 0 fully saturated rings. The van der Waals surface area contributed by atoms with E-state index in [1.807, 2.05) is 19.9 Å². The molecule has 1 amide bonds. The largest absolute Gasteiger partial charge is 0.493 e. The van der Waals surface area contributed by atoms with E-state index >= 15 is 0 Å². The lowest BCUT2D eigenvalue weighted by molar-refractivity contribution is 0.0936. The molecule has 0 unspecified atom stereocenters. The summed E-state index contributed by atoms with van der Waals surface area (Å²) >= 11 is 0. The van der Waals surface area contributed by atoms with Crippen LogP contribution in [0.3, 0.4) is 0 Å². The van der Waals surface area contributed by atoms with Crippen molar-refractivity contribution in [1.82, 2.24) is 15.1 Å². The van der Waals surface area contributed by atoms with E-state index in [-0.39, 0.29) is 18.7 Å². The van der Waals surface area contributed by atoms with Crippen LogP contribution in [-0.4, -0.2) is 35.9 Å². The molecule has 7 heteroatoms. The molecule has 2 rings (SSSR count). The van der Waals surface area contributed by atoms with E-state index in [4.69, 9.17) is 14.2 Å². The van der Waals surface area contributed by atoms with Crippen LogP contribution >= 0.6 is 0 Å². The Hall–Kier alpha value is -2.70. The molecule has 124 valence electrons. The molecule has 1 N–H and O–H groups in total. The fraction of sp³-hybridized carbons (Fsp3) is 0.375. The standard InChI is InChI=1S/C16H21N3O4/c1-11(2)17-16(20)12-8-9-19(18-12)10-23-15-13(21-3)6-5-7-14(15)22-4/h5-9,11H,10H2,1-4H3,(H,17,20). The quantitative estimate of drug-likeness (QED) is 0.845. The summed E-state index contributed by atoms with van der Waals surface area (Å²) in [4.78, 5) is 11.9. The van der Waals surface area contributed by atoms with Crippen LogP contribution in [0.15, 0.2) is 30.5 Å². The van der Waals surface area contributed by atoms with Crippen molar-refractivity contribution in [2.24, 2.45) is 0 Å². The number of para-hydroxylation sites is 1. The number of amides is 1. The minimum Gasteiger partial charge on any atom is -0.493 e. The second-order valence-electron chi connectivity index (χ2n) is 5.13. The van der Waals surface area contributed by atoms with Crippen LogP contribution in [-0.2, 0) is 6.73 Å². The van der Waals surface area contributed by atoms with Crippen LogP contribution in [0.2, 0.25) is 0 Å². The molecule has 0 aliphatic heterocycles. The smallest absolute Gasteiger partial charge is 0.271 e. The average Bonchev–Trinajstić information content (AvgIpc) is 3.00. The van der Waals surface area contributed by atoms with Crippen molar-refractivity contribution in [1.29, 1.82) is 0 Å². The van der Waals surface area contributed by atoms with E-state index in [2.05, 4.69) is 10.4 Å². The van der Waals surface area contributed by atoms with Gasteiger partial charge in [0, 0.05) is 12.2 Å². The monoisotopic (exact) mass is 319 g/mol. The fourth-order valence-electron chi connectivity index (χ4n) is 1.98. The highest BCUT2D eigenvalue weighted by Gasteiger charge is 2.13. The molecular weight excluding hydrogens is 298 g/mol. The Balaban J connectivity index is 2.07. The summed E-state index contributed by atoms with van der Waals surface area (Å²) in [5, 5.41) is 6.97. The Morgan fingerprint density at radius 1 is 1.22 bits per heavy atom. The molecule has 0 aliphatic carbocycles. The highest BCUT2D eigenvalue weighted by atomic mass is 16.5. The van der Waals surface area contributed by atoms with Crippen LogP contribution in [0.25, 0.3) is 0 Å². The minimum atomic E-state index is -0.214. The molecule has 0 atom stereocenters. The Bertz CT molecular complexity index is 645. The zero-order valence-electron chi connectivity index (χ0n) is 13.7. The SMILES string of the molecule is COc1cccc(OC)c1OCn1ccc(C(=O)NC(C)C)n1. The van der Waals surface area contributed by atoms with E-state index in [1.54, 1.807) is 38.6 Å². The van der Waals surface area contributed by atoms with Gasteiger partial charge in [-0.05, 0) is 32.0 Å². The maximum Gasteiger partial charge on any atom is 0.271 e.